The summed E-state index contributed by atoms with van der Waals surface area (Å²) in [6.07, 6.45) is -8.57. The molecule has 0 spiro atoms. The molecule has 0 rings (SSSR count). The molecule has 2 N–H and O–H groups in total. The van der Waals surface area contributed by atoms with Gasteiger partial charge in [-0.25, -0.2) is 17.6 Å². The van der Waals surface area contributed by atoms with Gasteiger partial charge in [-0.15, -0.1) is 0 Å². The van der Waals surface area contributed by atoms with Gasteiger partial charge in [0.25, 0.3) is 11.9 Å². The Labute approximate surface area is 93.7 Å². The summed E-state index contributed by atoms with van der Waals surface area (Å²) in [5.74, 6) is -5.50. The third-order valence-corrected chi connectivity index (χ3v) is 1.99. The van der Waals surface area contributed by atoms with E-state index in [2.05, 4.69) is 5.32 Å². The van der Waals surface area contributed by atoms with E-state index < -0.39 is 34.1 Å². The van der Waals surface area contributed by atoms with Crippen molar-refractivity contribution in [2.75, 3.05) is 14.1 Å². The molecule has 0 saturated carbocycles. The average molecular weight is 291 g/mol. The topological polar surface area (TPSA) is 66.4 Å². The van der Waals surface area contributed by atoms with Crippen LogP contribution in [0.4, 0.5) is 26.3 Å². The van der Waals surface area contributed by atoms with Crippen LogP contribution in [0.5, 0.6) is 0 Å². The predicted octanol–water partition coefficient (Wildman–Crippen LogP) is 1.24. The van der Waals surface area contributed by atoms with E-state index in [1.165, 1.54) is 0 Å². The van der Waals surface area contributed by atoms with Gasteiger partial charge in [0.2, 0.25) is 6.17 Å². The molecule has 0 aromatic carbocycles. The predicted molar refractivity (Wildman–Crippen MR) is 47.3 cm³/mol. The van der Waals surface area contributed by atoms with E-state index in [0.717, 1.165) is 0 Å². The number of hydrogen-bond donors (Lipinski definition) is 2. The summed E-state index contributed by atoms with van der Waals surface area (Å²) in [4.78, 5) is 0. The van der Waals surface area contributed by atoms with Crippen LogP contribution in [0.3, 0.4) is 0 Å². The van der Waals surface area contributed by atoms with E-state index >= 15 is 0 Å². The average Bonchev–Trinajstić information content (AvgIpc) is 2.15. The Balaban J connectivity index is 0. The summed E-state index contributed by atoms with van der Waals surface area (Å²) in [6.45, 7) is 0. The first-order valence-corrected chi connectivity index (χ1v) is 5.42. The largest absolute Gasteiger partial charge is 0.331 e. The fourth-order valence-electron chi connectivity index (χ4n) is 0.492. The normalized spacial score (nSPS) is 16.1. The van der Waals surface area contributed by atoms with E-state index in [-0.39, 0.29) is 0 Å². The Morgan fingerprint density at radius 3 is 1.59 bits per heavy atom. The highest BCUT2D eigenvalue weighted by molar-refractivity contribution is 7.86. The minimum absolute atomic E-state index is 1.88. The van der Waals surface area contributed by atoms with Crippen molar-refractivity contribution in [1.29, 1.82) is 0 Å². The third-order valence-electron chi connectivity index (χ3n) is 1.15. The molecule has 0 saturated heterocycles. The Hall–Kier alpha value is -0.550. The van der Waals surface area contributed by atoms with Crippen molar-refractivity contribution in [2.45, 2.75) is 24.0 Å². The first-order chi connectivity index (χ1) is 7.42. The van der Waals surface area contributed by atoms with Gasteiger partial charge in [-0.3, -0.25) is 4.55 Å². The zero-order chi connectivity index (χ0) is 14.4. The molecule has 0 heterocycles. The van der Waals surface area contributed by atoms with E-state index in [1.807, 2.05) is 14.1 Å². The van der Waals surface area contributed by atoms with Crippen LogP contribution in [-0.4, -0.2) is 51.1 Å². The Morgan fingerprint density at radius 1 is 1.12 bits per heavy atom. The number of rotatable bonds is 4. The lowest BCUT2D eigenvalue weighted by molar-refractivity contribution is -0.148. The molecule has 17 heavy (non-hydrogen) atoms. The second-order valence-corrected chi connectivity index (χ2v) is 4.19. The summed E-state index contributed by atoms with van der Waals surface area (Å²) in [7, 11) is -2.18. The van der Waals surface area contributed by atoms with Crippen LogP contribution >= 0.6 is 0 Å². The molecular weight excluding hydrogens is 280 g/mol. The van der Waals surface area contributed by atoms with E-state index in [9.17, 15) is 34.8 Å². The van der Waals surface area contributed by atoms with Crippen molar-refractivity contribution in [3.63, 3.8) is 0 Å². The van der Waals surface area contributed by atoms with Crippen molar-refractivity contribution >= 4 is 10.1 Å². The summed E-state index contributed by atoms with van der Waals surface area (Å²) < 4.78 is 98.6. The van der Waals surface area contributed by atoms with Gasteiger partial charge >= 0.3 is 16.0 Å². The fourth-order valence-corrected chi connectivity index (χ4v) is 1.02. The van der Waals surface area contributed by atoms with Gasteiger partial charge in [-0.1, -0.05) is 0 Å². The van der Waals surface area contributed by atoms with E-state index in [0.29, 0.717) is 0 Å². The Bertz CT molecular complexity index is 309. The van der Waals surface area contributed by atoms with Gasteiger partial charge in [0.1, 0.15) is 0 Å². The first kappa shape index (κ1) is 18.8. The van der Waals surface area contributed by atoms with Crippen LogP contribution in [0.1, 0.15) is 0 Å². The van der Waals surface area contributed by atoms with E-state index in [1.54, 1.807) is 0 Å². The number of halogens is 6. The van der Waals surface area contributed by atoms with E-state index in [4.69, 9.17) is 4.55 Å². The third kappa shape index (κ3) is 6.07. The molecule has 0 aromatic rings. The quantitative estimate of drug-likeness (QED) is 0.604. The van der Waals surface area contributed by atoms with Gasteiger partial charge in [-0.05, 0) is 14.1 Å². The highest BCUT2D eigenvalue weighted by Gasteiger charge is 2.58. The van der Waals surface area contributed by atoms with Gasteiger partial charge in [0.15, 0.2) is 0 Å². The fraction of sp³-hybridized carbons (Fsp3) is 1.00. The van der Waals surface area contributed by atoms with Crippen molar-refractivity contribution in [1.82, 2.24) is 5.32 Å². The van der Waals surface area contributed by atoms with Crippen LogP contribution in [0, 0.1) is 0 Å². The maximum Gasteiger partial charge on any atom is 0.331 e. The van der Waals surface area contributed by atoms with Gasteiger partial charge in [0, 0.05) is 0 Å². The molecule has 0 aromatic heterocycles. The van der Waals surface area contributed by atoms with Crippen molar-refractivity contribution < 1.29 is 39.3 Å². The van der Waals surface area contributed by atoms with Crippen LogP contribution in [0.2, 0.25) is 0 Å². The van der Waals surface area contributed by atoms with Gasteiger partial charge in [0.05, 0.1) is 0 Å². The van der Waals surface area contributed by atoms with Crippen LogP contribution in [0.25, 0.3) is 0 Å². The second kappa shape index (κ2) is 7.01. The highest BCUT2D eigenvalue weighted by atomic mass is 32.2. The molecule has 0 aliphatic heterocycles. The molecule has 0 aliphatic carbocycles. The van der Waals surface area contributed by atoms with Gasteiger partial charge < -0.3 is 5.32 Å². The summed E-state index contributed by atoms with van der Waals surface area (Å²) >= 11 is 0. The van der Waals surface area contributed by atoms with Crippen molar-refractivity contribution in [3.05, 3.63) is 0 Å². The zero-order valence-electron chi connectivity index (χ0n) is 8.67. The first-order valence-electron chi connectivity index (χ1n) is 3.91. The lowest BCUT2D eigenvalue weighted by Crippen LogP contribution is -2.47. The monoisotopic (exact) mass is 291 g/mol. The number of alkyl halides is 6. The lowest BCUT2D eigenvalue weighted by Gasteiger charge is -2.21. The van der Waals surface area contributed by atoms with Crippen LogP contribution in [0.15, 0.2) is 0 Å². The number of nitrogens with one attached hydrogen (secondary N) is 1. The molecule has 4 nitrogen and oxygen atoms in total. The zero-order valence-corrected chi connectivity index (χ0v) is 9.49. The minimum Gasteiger partial charge on any atom is -0.323 e. The molecule has 0 fully saturated rings. The number of hydrogen-bond acceptors (Lipinski definition) is 3. The molecule has 2 unspecified atom stereocenters. The van der Waals surface area contributed by atoms with Crippen molar-refractivity contribution in [2.24, 2.45) is 0 Å². The maximum atomic E-state index is 12.2. The molecule has 0 radical (unpaired) electrons. The lowest BCUT2D eigenvalue weighted by atomic mass is 10.2. The van der Waals surface area contributed by atoms with Crippen molar-refractivity contribution in [3.8, 4) is 0 Å². The maximum absolute atomic E-state index is 12.2. The molecule has 0 aliphatic rings. The molecule has 11 heteroatoms. The Kier molecular flexibility index (Phi) is 7.76. The Morgan fingerprint density at radius 2 is 1.41 bits per heavy atom. The molecule has 0 amide bonds. The molecular formula is C6H11F6NO3S. The summed E-state index contributed by atoms with van der Waals surface area (Å²) in [5.41, 5.74) is -4.42. The molecule has 2 atom stereocenters. The van der Waals surface area contributed by atoms with Crippen LogP contribution in [-0.2, 0) is 10.1 Å². The summed E-state index contributed by atoms with van der Waals surface area (Å²) in [6, 6.07) is 0. The minimum atomic E-state index is -5.93. The smallest absolute Gasteiger partial charge is 0.323 e. The molecule has 106 valence electrons. The van der Waals surface area contributed by atoms with Crippen LogP contribution < -0.4 is 5.32 Å². The molecule has 0 bridgehead atoms. The van der Waals surface area contributed by atoms with Gasteiger partial charge in [-0.2, -0.15) is 17.2 Å². The second-order valence-electron chi connectivity index (χ2n) is 2.74. The summed E-state index contributed by atoms with van der Waals surface area (Å²) in [5, 5.41) is 2.75. The highest BCUT2D eigenvalue weighted by Crippen LogP contribution is 2.33. The SMILES string of the molecule is CNC.O=S(=O)(O)C(F)C(F)(F)C(F)C(F)F. The standard InChI is InChI=1S/C4H4F6O3S.C2H7N/c5-1(2(6)7)4(9,10)3(8)14(11,12)13;1-3-2/h1-3H,(H,11,12,13);3H,1-2H3.